The van der Waals surface area contributed by atoms with Crippen molar-refractivity contribution in [2.24, 2.45) is 0 Å². The van der Waals surface area contributed by atoms with E-state index in [0.29, 0.717) is 0 Å². The summed E-state index contributed by atoms with van der Waals surface area (Å²) in [5, 5.41) is 0. The Bertz CT molecular complexity index is 355. The van der Waals surface area contributed by atoms with Crippen LogP contribution in [-0.2, 0) is 0 Å². The fourth-order valence-corrected chi connectivity index (χ4v) is 1.80. The average molecular weight is 183 g/mol. The van der Waals surface area contributed by atoms with Gasteiger partial charge in [0.15, 0.2) is 0 Å². The second kappa shape index (κ2) is 4.28. The highest BCUT2D eigenvalue weighted by Crippen LogP contribution is 2.27. The minimum absolute atomic E-state index is 1.03. The Morgan fingerprint density at radius 1 is 1.21 bits per heavy atom. The van der Waals surface area contributed by atoms with Crippen molar-refractivity contribution in [3.05, 3.63) is 53.6 Å². The van der Waals surface area contributed by atoms with Gasteiger partial charge in [0.2, 0.25) is 0 Å². The summed E-state index contributed by atoms with van der Waals surface area (Å²) in [6.45, 7) is 2.22. The van der Waals surface area contributed by atoms with Crippen molar-refractivity contribution in [1.82, 2.24) is 0 Å². The first-order chi connectivity index (χ1) is 6.90. The van der Waals surface area contributed by atoms with Crippen LogP contribution < -0.4 is 0 Å². The topological polar surface area (TPSA) is 0 Å². The first-order valence-electron chi connectivity index (χ1n) is 5.26. The molecule has 0 fully saturated rings. The van der Waals surface area contributed by atoms with Crippen LogP contribution in [0.1, 0.15) is 31.7 Å². The maximum Gasteiger partial charge on any atom is -0.00545 e. The van der Waals surface area contributed by atoms with Crippen molar-refractivity contribution in [3.63, 3.8) is 0 Å². The Kier molecular flexibility index (Phi) is 2.83. The normalized spacial score (nSPS) is 15.2. The highest BCUT2D eigenvalue weighted by atomic mass is 14.1. The van der Waals surface area contributed by atoms with Gasteiger partial charge in [-0.2, -0.15) is 0 Å². The number of rotatable bonds is 3. The summed E-state index contributed by atoms with van der Waals surface area (Å²) in [6, 6.07) is 10.5. The van der Waals surface area contributed by atoms with Gasteiger partial charge in [-0.1, -0.05) is 55.3 Å². The third-order valence-electron chi connectivity index (χ3n) is 2.51. The molecule has 0 heterocycles. The Morgan fingerprint density at radius 2 is 2.00 bits per heavy atom. The summed E-state index contributed by atoms with van der Waals surface area (Å²) in [5.41, 5.74) is 4.08. The molecule has 0 aliphatic heterocycles. The van der Waals surface area contributed by atoms with Crippen molar-refractivity contribution in [3.8, 4) is 0 Å². The Morgan fingerprint density at radius 3 is 2.71 bits per heavy atom. The summed E-state index contributed by atoms with van der Waals surface area (Å²) < 4.78 is 0. The second-order valence-corrected chi connectivity index (χ2v) is 3.69. The lowest BCUT2D eigenvalue weighted by Crippen LogP contribution is -1.77. The molecule has 0 heteroatoms. The van der Waals surface area contributed by atoms with Crippen LogP contribution in [0.4, 0.5) is 0 Å². The van der Waals surface area contributed by atoms with E-state index in [4.69, 9.17) is 0 Å². The number of hydrogen-bond acceptors (Lipinski definition) is 0. The number of hydrogen-bond donors (Lipinski definition) is 0. The van der Waals surface area contributed by atoms with Crippen LogP contribution in [0.2, 0.25) is 0 Å². The van der Waals surface area contributed by atoms with Gasteiger partial charge < -0.3 is 0 Å². The SMILES string of the molecule is CCCC1=CC(c2ccccc2)=[C]C1. The third-order valence-corrected chi connectivity index (χ3v) is 2.51. The molecule has 1 aliphatic rings. The molecular formula is C14H15. The van der Waals surface area contributed by atoms with Gasteiger partial charge in [-0.05, 0) is 30.1 Å². The van der Waals surface area contributed by atoms with E-state index in [9.17, 15) is 0 Å². The molecule has 1 aromatic carbocycles. The molecular weight excluding hydrogens is 168 g/mol. The number of allylic oxidation sites excluding steroid dienone is 4. The van der Waals surface area contributed by atoms with E-state index in [1.54, 1.807) is 0 Å². The average Bonchev–Trinajstić information content (AvgIpc) is 2.68. The summed E-state index contributed by atoms with van der Waals surface area (Å²) in [4.78, 5) is 0. The molecule has 14 heavy (non-hydrogen) atoms. The molecule has 0 amide bonds. The molecule has 0 bridgehead atoms. The van der Waals surface area contributed by atoms with Crippen molar-refractivity contribution in [1.29, 1.82) is 0 Å². The standard InChI is InChI=1S/C14H15/c1-2-6-12-9-10-14(11-12)13-7-4-3-5-8-13/h3-5,7-8,11H,2,6,9H2,1H3. The van der Waals surface area contributed by atoms with Gasteiger partial charge in [0.25, 0.3) is 0 Å². The fraction of sp³-hybridized carbons (Fsp3) is 0.286. The van der Waals surface area contributed by atoms with Crippen molar-refractivity contribution in [2.75, 3.05) is 0 Å². The maximum absolute atomic E-state index is 3.43. The van der Waals surface area contributed by atoms with Crippen LogP contribution >= 0.6 is 0 Å². The molecule has 0 aromatic heterocycles. The zero-order valence-electron chi connectivity index (χ0n) is 8.59. The molecule has 0 spiro atoms. The maximum atomic E-state index is 3.43. The molecule has 0 nitrogen and oxygen atoms in total. The Labute approximate surface area is 86.0 Å². The molecule has 1 radical (unpaired) electrons. The van der Waals surface area contributed by atoms with E-state index in [0.717, 1.165) is 6.42 Å². The zero-order chi connectivity index (χ0) is 9.80. The second-order valence-electron chi connectivity index (χ2n) is 3.69. The quantitative estimate of drug-likeness (QED) is 0.664. The Balaban J connectivity index is 2.15. The predicted molar refractivity (Wildman–Crippen MR) is 60.7 cm³/mol. The van der Waals surface area contributed by atoms with Crippen LogP contribution in [0.3, 0.4) is 0 Å². The van der Waals surface area contributed by atoms with Crippen LogP contribution in [0, 0.1) is 6.08 Å². The Hall–Kier alpha value is -1.30. The third kappa shape index (κ3) is 1.95. The smallest absolute Gasteiger partial charge is 0.00545 e. The lowest BCUT2D eigenvalue weighted by atomic mass is 10.1. The molecule has 0 N–H and O–H groups in total. The monoisotopic (exact) mass is 183 g/mol. The fourth-order valence-electron chi connectivity index (χ4n) is 1.80. The lowest BCUT2D eigenvalue weighted by Gasteiger charge is -1.98. The summed E-state index contributed by atoms with van der Waals surface area (Å²) >= 11 is 0. The van der Waals surface area contributed by atoms with Crippen LogP contribution in [-0.4, -0.2) is 0 Å². The molecule has 0 saturated carbocycles. The predicted octanol–water partition coefficient (Wildman–Crippen LogP) is 4.00. The van der Waals surface area contributed by atoms with Gasteiger partial charge in [-0.25, -0.2) is 0 Å². The van der Waals surface area contributed by atoms with Crippen molar-refractivity contribution in [2.45, 2.75) is 26.2 Å². The first kappa shape index (κ1) is 9.26. The van der Waals surface area contributed by atoms with E-state index < -0.39 is 0 Å². The summed E-state index contributed by atoms with van der Waals surface area (Å²) in [7, 11) is 0. The van der Waals surface area contributed by atoms with Gasteiger partial charge in [0.1, 0.15) is 0 Å². The van der Waals surface area contributed by atoms with Gasteiger partial charge in [0, 0.05) is 0 Å². The molecule has 2 rings (SSSR count). The molecule has 0 saturated heterocycles. The number of benzene rings is 1. The highest BCUT2D eigenvalue weighted by Gasteiger charge is 2.07. The minimum atomic E-state index is 1.03. The zero-order valence-corrected chi connectivity index (χ0v) is 8.59. The highest BCUT2D eigenvalue weighted by molar-refractivity contribution is 5.75. The van der Waals surface area contributed by atoms with Crippen LogP contribution in [0.25, 0.3) is 5.57 Å². The van der Waals surface area contributed by atoms with Gasteiger partial charge >= 0.3 is 0 Å². The van der Waals surface area contributed by atoms with Crippen LogP contribution in [0.15, 0.2) is 42.0 Å². The van der Waals surface area contributed by atoms with Crippen molar-refractivity contribution >= 4 is 5.57 Å². The molecule has 1 aromatic rings. The van der Waals surface area contributed by atoms with Gasteiger partial charge in [0.05, 0.1) is 0 Å². The van der Waals surface area contributed by atoms with E-state index >= 15 is 0 Å². The van der Waals surface area contributed by atoms with E-state index in [1.807, 2.05) is 0 Å². The summed E-state index contributed by atoms with van der Waals surface area (Å²) in [5.74, 6) is 0. The van der Waals surface area contributed by atoms with Crippen molar-refractivity contribution < 1.29 is 0 Å². The van der Waals surface area contributed by atoms with Crippen LogP contribution in [0.5, 0.6) is 0 Å². The largest absolute Gasteiger partial charge is 0.0652 e. The van der Waals surface area contributed by atoms with Gasteiger partial charge in [-0.15, -0.1) is 0 Å². The summed E-state index contributed by atoms with van der Waals surface area (Å²) in [6.07, 6.45) is 9.19. The molecule has 0 unspecified atom stereocenters. The molecule has 71 valence electrons. The van der Waals surface area contributed by atoms with E-state index in [-0.39, 0.29) is 0 Å². The molecule has 0 atom stereocenters. The van der Waals surface area contributed by atoms with E-state index in [2.05, 4.69) is 49.4 Å². The van der Waals surface area contributed by atoms with Gasteiger partial charge in [-0.3, -0.25) is 0 Å². The molecule has 1 aliphatic carbocycles. The first-order valence-corrected chi connectivity index (χ1v) is 5.26. The minimum Gasteiger partial charge on any atom is -0.0652 e. The van der Waals surface area contributed by atoms with E-state index in [1.165, 1.54) is 29.6 Å². The lowest BCUT2D eigenvalue weighted by molar-refractivity contribution is 0.884.